The zero-order valence-electron chi connectivity index (χ0n) is 13.1. The van der Waals surface area contributed by atoms with Gasteiger partial charge in [0.25, 0.3) is 0 Å². The van der Waals surface area contributed by atoms with Gasteiger partial charge >= 0.3 is 5.97 Å². The summed E-state index contributed by atoms with van der Waals surface area (Å²) in [4.78, 5) is 24.0. The Morgan fingerprint density at radius 1 is 1.04 bits per heavy atom. The molecule has 1 atom stereocenters. The maximum Gasteiger partial charge on any atom is 0.307 e. The molecule has 126 valence electrons. The van der Waals surface area contributed by atoms with Gasteiger partial charge in [-0.3, -0.25) is 9.59 Å². The van der Waals surface area contributed by atoms with Crippen LogP contribution < -0.4 is 5.32 Å². The van der Waals surface area contributed by atoms with E-state index >= 15 is 0 Å². The van der Waals surface area contributed by atoms with Crippen LogP contribution in [0.5, 0.6) is 0 Å². The largest absolute Gasteiger partial charge is 0.469 e. The number of carbonyl (C=O) groups is 2. The molecule has 2 rings (SSSR count). The van der Waals surface area contributed by atoms with Crippen molar-refractivity contribution < 1.29 is 14.3 Å². The van der Waals surface area contributed by atoms with E-state index in [2.05, 4.69) is 5.32 Å². The van der Waals surface area contributed by atoms with Crippen LogP contribution in [0.25, 0.3) is 0 Å². The number of esters is 1. The van der Waals surface area contributed by atoms with Gasteiger partial charge in [0.15, 0.2) is 0 Å². The Balaban J connectivity index is 2.14. The van der Waals surface area contributed by atoms with E-state index < -0.39 is 12.0 Å². The lowest BCUT2D eigenvalue weighted by molar-refractivity contribution is -0.141. The SMILES string of the molecule is COC(=O)CC(NC(=O)Cc1c(Cl)cccc1Cl)c1ccccc1. The summed E-state index contributed by atoms with van der Waals surface area (Å²) in [7, 11) is 1.32. The molecule has 6 heteroatoms. The third kappa shape index (κ3) is 4.98. The Morgan fingerprint density at radius 2 is 1.67 bits per heavy atom. The van der Waals surface area contributed by atoms with Crippen LogP contribution in [0.4, 0.5) is 0 Å². The van der Waals surface area contributed by atoms with Crippen molar-refractivity contribution in [2.75, 3.05) is 7.11 Å². The van der Waals surface area contributed by atoms with Crippen LogP contribution in [0, 0.1) is 0 Å². The molecule has 0 spiro atoms. The average molecular weight is 366 g/mol. The van der Waals surface area contributed by atoms with Gasteiger partial charge in [0.2, 0.25) is 5.91 Å². The second-order valence-corrected chi connectivity index (χ2v) is 6.00. The second-order valence-electron chi connectivity index (χ2n) is 5.19. The molecule has 0 heterocycles. The molecule has 0 aromatic heterocycles. The van der Waals surface area contributed by atoms with Gasteiger partial charge in [-0.05, 0) is 23.3 Å². The number of carbonyl (C=O) groups excluding carboxylic acids is 2. The first-order valence-corrected chi connectivity index (χ1v) is 8.11. The van der Waals surface area contributed by atoms with Crippen LogP contribution in [0.2, 0.25) is 10.0 Å². The van der Waals surface area contributed by atoms with Crippen LogP contribution in [0.1, 0.15) is 23.6 Å². The number of amides is 1. The lowest BCUT2D eigenvalue weighted by Gasteiger charge is -2.18. The number of hydrogen-bond donors (Lipinski definition) is 1. The third-order valence-corrected chi connectivity index (χ3v) is 4.24. The summed E-state index contributed by atoms with van der Waals surface area (Å²) < 4.78 is 4.71. The highest BCUT2D eigenvalue weighted by Gasteiger charge is 2.20. The number of methoxy groups -OCH3 is 1. The molecule has 4 nitrogen and oxygen atoms in total. The minimum atomic E-state index is -0.479. The van der Waals surface area contributed by atoms with E-state index in [0.717, 1.165) is 5.56 Å². The van der Waals surface area contributed by atoms with Crippen LogP contribution in [0.15, 0.2) is 48.5 Å². The third-order valence-electron chi connectivity index (χ3n) is 3.53. The zero-order chi connectivity index (χ0) is 17.5. The van der Waals surface area contributed by atoms with Gasteiger partial charge in [-0.15, -0.1) is 0 Å². The van der Waals surface area contributed by atoms with E-state index in [1.807, 2.05) is 30.3 Å². The first-order valence-electron chi connectivity index (χ1n) is 7.35. The molecule has 0 saturated carbocycles. The van der Waals surface area contributed by atoms with Crippen molar-refractivity contribution >= 4 is 35.1 Å². The van der Waals surface area contributed by atoms with Crippen molar-refractivity contribution in [1.82, 2.24) is 5.32 Å². The molecule has 0 aliphatic carbocycles. The van der Waals surface area contributed by atoms with Crippen molar-refractivity contribution in [3.8, 4) is 0 Å². The molecule has 0 bridgehead atoms. The lowest BCUT2D eigenvalue weighted by atomic mass is 10.0. The summed E-state index contributed by atoms with van der Waals surface area (Å²) in [6, 6.07) is 13.8. The Hall–Kier alpha value is -2.04. The number of nitrogens with one attached hydrogen (secondary N) is 1. The predicted octanol–water partition coefficient (Wildman–Crippen LogP) is 3.96. The summed E-state index contributed by atoms with van der Waals surface area (Å²) in [6.07, 6.45) is 0.0749. The molecule has 0 aliphatic heterocycles. The molecule has 0 radical (unpaired) electrons. The van der Waals surface area contributed by atoms with E-state index in [1.165, 1.54) is 7.11 Å². The van der Waals surface area contributed by atoms with Crippen molar-refractivity contribution in [3.05, 3.63) is 69.7 Å². The van der Waals surface area contributed by atoms with Gasteiger partial charge < -0.3 is 10.1 Å². The Labute approximate surface area is 150 Å². The number of hydrogen-bond acceptors (Lipinski definition) is 3. The minimum Gasteiger partial charge on any atom is -0.469 e. The highest BCUT2D eigenvalue weighted by Crippen LogP contribution is 2.25. The first-order chi connectivity index (χ1) is 11.5. The fraction of sp³-hybridized carbons (Fsp3) is 0.222. The number of benzene rings is 2. The first kappa shape index (κ1) is 18.3. The van der Waals surface area contributed by atoms with E-state index in [-0.39, 0.29) is 18.7 Å². The Bertz CT molecular complexity index is 699. The molecule has 24 heavy (non-hydrogen) atoms. The van der Waals surface area contributed by atoms with Crippen LogP contribution in [0.3, 0.4) is 0 Å². The highest BCUT2D eigenvalue weighted by atomic mass is 35.5. The standard InChI is InChI=1S/C18H17Cl2NO3/c1-24-18(23)11-16(12-6-3-2-4-7-12)21-17(22)10-13-14(19)8-5-9-15(13)20/h2-9,16H,10-11H2,1H3,(H,21,22). The predicted molar refractivity (Wildman–Crippen MR) is 94.1 cm³/mol. The quantitative estimate of drug-likeness (QED) is 0.788. The molecule has 0 fully saturated rings. The maximum absolute atomic E-state index is 12.4. The summed E-state index contributed by atoms with van der Waals surface area (Å²) in [5.74, 6) is -0.678. The Kier molecular flexibility index (Phi) is 6.64. The lowest BCUT2D eigenvalue weighted by Crippen LogP contribution is -2.31. The van der Waals surface area contributed by atoms with Crippen molar-refractivity contribution in [2.24, 2.45) is 0 Å². The van der Waals surface area contributed by atoms with E-state index in [1.54, 1.807) is 18.2 Å². The molecule has 1 N–H and O–H groups in total. The summed E-state index contributed by atoms with van der Waals surface area (Å²) in [6.45, 7) is 0. The zero-order valence-corrected chi connectivity index (χ0v) is 14.6. The molecule has 0 aliphatic rings. The van der Waals surface area contributed by atoms with Crippen molar-refractivity contribution in [3.63, 3.8) is 0 Å². The van der Waals surface area contributed by atoms with Crippen LogP contribution in [-0.4, -0.2) is 19.0 Å². The van der Waals surface area contributed by atoms with Crippen LogP contribution in [-0.2, 0) is 20.7 Å². The summed E-state index contributed by atoms with van der Waals surface area (Å²) in [5.41, 5.74) is 1.38. The van der Waals surface area contributed by atoms with Gasteiger partial charge in [0.1, 0.15) is 0 Å². The topological polar surface area (TPSA) is 55.4 Å². The average Bonchev–Trinajstić information content (AvgIpc) is 2.58. The smallest absolute Gasteiger partial charge is 0.307 e. The normalized spacial score (nSPS) is 11.6. The summed E-state index contributed by atoms with van der Waals surface area (Å²) >= 11 is 12.2. The van der Waals surface area contributed by atoms with Gasteiger partial charge in [-0.1, -0.05) is 59.6 Å². The maximum atomic E-state index is 12.4. The fourth-order valence-electron chi connectivity index (χ4n) is 2.29. The second kappa shape index (κ2) is 8.71. The van der Waals surface area contributed by atoms with Crippen LogP contribution >= 0.6 is 23.2 Å². The molecule has 2 aromatic carbocycles. The summed E-state index contributed by atoms with van der Waals surface area (Å²) in [5, 5.41) is 3.71. The van der Waals surface area contributed by atoms with Crippen molar-refractivity contribution in [1.29, 1.82) is 0 Å². The highest BCUT2D eigenvalue weighted by molar-refractivity contribution is 6.36. The monoisotopic (exact) mass is 365 g/mol. The molecule has 1 unspecified atom stereocenters. The number of ether oxygens (including phenoxy) is 1. The van der Waals surface area contributed by atoms with Gasteiger partial charge in [-0.2, -0.15) is 0 Å². The van der Waals surface area contributed by atoms with Crippen molar-refractivity contribution in [2.45, 2.75) is 18.9 Å². The number of rotatable bonds is 6. The van der Waals surface area contributed by atoms with E-state index in [4.69, 9.17) is 27.9 Å². The molecular formula is C18H17Cl2NO3. The molecule has 0 saturated heterocycles. The Morgan fingerprint density at radius 3 is 2.25 bits per heavy atom. The molecule has 2 aromatic rings. The van der Waals surface area contributed by atoms with Gasteiger partial charge in [-0.25, -0.2) is 0 Å². The fourth-order valence-corrected chi connectivity index (χ4v) is 2.83. The molecular weight excluding hydrogens is 349 g/mol. The van der Waals surface area contributed by atoms with E-state index in [9.17, 15) is 9.59 Å². The van der Waals surface area contributed by atoms with Gasteiger partial charge in [0, 0.05) is 10.0 Å². The van der Waals surface area contributed by atoms with Gasteiger partial charge in [0.05, 0.1) is 26.0 Å². The minimum absolute atomic E-state index is 0.0308. The van der Waals surface area contributed by atoms with E-state index in [0.29, 0.717) is 15.6 Å². The molecule has 1 amide bonds. The number of halogens is 2.